The molecule has 0 spiro atoms. The van der Waals surface area contributed by atoms with Gasteiger partial charge in [-0.05, 0) is 62.2 Å². The second-order valence-corrected chi connectivity index (χ2v) is 5.44. The van der Waals surface area contributed by atoms with Gasteiger partial charge in [0.25, 0.3) is 5.91 Å². The molecule has 0 aliphatic carbocycles. The Hall–Kier alpha value is -2.82. The molecule has 0 saturated heterocycles. The Labute approximate surface area is 135 Å². The number of nitrogens with two attached hydrogens (primary N) is 1. The van der Waals surface area contributed by atoms with E-state index in [2.05, 4.69) is 5.32 Å². The molecule has 5 heteroatoms. The van der Waals surface area contributed by atoms with Crippen molar-refractivity contribution in [1.82, 2.24) is 0 Å². The quantitative estimate of drug-likeness (QED) is 0.656. The summed E-state index contributed by atoms with van der Waals surface area (Å²) in [6, 6.07) is 10.5. The summed E-state index contributed by atoms with van der Waals surface area (Å²) in [5.41, 5.74) is 9.66. The number of carbonyl (C=O) groups excluding carboxylic acids is 2. The molecule has 0 saturated carbocycles. The Balaban J connectivity index is 1.96. The number of rotatable bonds is 5. The summed E-state index contributed by atoms with van der Waals surface area (Å²) < 4.78 is 5.41. The van der Waals surface area contributed by atoms with Gasteiger partial charge in [0.15, 0.2) is 12.4 Å². The van der Waals surface area contributed by atoms with Gasteiger partial charge in [-0.3, -0.25) is 9.59 Å². The Morgan fingerprint density at radius 1 is 1.09 bits per heavy atom. The lowest BCUT2D eigenvalue weighted by atomic mass is 10.1. The Morgan fingerprint density at radius 2 is 1.83 bits per heavy atom. The van der Waals surface area contributed by atoms with Crippen LogP contribution in [0.3, 0.4) is 0 Å². The predicted octanol–water partition coefficient (Wildman–Crippen LogP) is 3.11. The third kappa shape index (κ3) is 4.32. The molecular formula is C18H20N2O3. The molecule has 120 valence electrons. The molecule has 0 atom stereocenters. The molecule has 0 fully saturated rings. The van der Waals surface area contributed by atoms with E-state index in [-0.39, 0.29) is 18.3 Å². The first-order valence-corrected chi connectivity index (χ1v) is 7.27. The average molecular weight is 312 g/mol. The summed E-state index contributed by atoms with van der Waals surface area (Å²) in [7, 11) is 0. The van der Waals surface area contributed by atoms with Crippen LogP contribution in [0.15, 0.2) is 36.4 Å². The van der Waals surface area contributed by atoms with Crippen molar-refractivity contribution >= 4 is 23.1 Å². The molecule has 2 aromatic carbocycles. The van der Waals surface area contributed by atoms with Crippen molar-refractivity contribution in [1.29, 1.82) is 0 Å². The Bertz CT molecular complexity index is 754. The van der Waals surface area contributed by atoms with Gasteiger partial charge in [0.05, 0.1) is 5.69 Å². The van der Waals surface area contributed by atoms with Gasteiger partial charge in [0.1, 0.15) is 5.75 Å². The van der Waals surface area contributed by atoms with Crippen LogP contribution in [0.25, 0.3) is 0 Å². The van der Waals surface area contributed by atoms with Gasteiger partial charge in [-0.15, -0.1) is 0 Å². The highest BCUT2D eigenvalue weighted by Gasteiger charge is 2.08. The van der Waals surface area contributed by atoms with Crippen molar-refractivity contribution in [2.45, 2.75) is 20.8 Å². The number of hydrogen-bond acceptors (Lipinski definition) is 4. The summed E-state index contributed by atoms with van der Waals surface area (Å²) >= 11 is 0. The number of nitrogens with one attached hydrogen (secondary N) is 1. The fourth-order valence-electron chi connectivity index (χ4n) is 2.06. The zero-order chi connectivity index (χ0) is 17.0. The molecule has 23 heavy (non-hydrogen) atoms. The molecule has 5 nitrogen and oxygen atoms in total. The van der Waals surface area contributed by atoms with E-state index in [0.29, 0.717) is 17.0 Å². The summed E-state index contributed by atoms with van der Waals surface area (Å²) in [5, 5.41) is 2.77. The van der Waals surface area contributed by atoms with Crippen molar-refractivity contribution < 1.29 is 14.3 Å². The lowest BCUT2D eigenvalue weighted by molar-refractivity contribution is -0.118. The van der Waals surface area contributed by atoms with Gasteiger partial charge in [0, 0.05) is 11.3 Å². The minimum Gasteiger partial charge on any atom is -0.482 e. The largest absolute Gasteiger partial charge is 0.482 e. The number of hydrogen-bond donors (Lipinski definition) is 2. The van der Waals surface area contributed by atoms with Crippen molar-refractivity contribution in [2.24, 2.45) is 0 Å². The van der Waals surface area contributed by atoms with E-state index < -0.39 is 0 Å². The van der Waals surface area contributed by atoms with Gasteiger partial charge in [-0.25, -0.2) is 0 Å². The highest BCUT2D eigenvalue weighted by atomic mass is 16.5. The SMILES string of the molecule is CC(=O)c1ccc(OCC(=O)Nc2ccc(C)c(C)c2)c(N)c1. The molecule has 0 aliphatic rings. The topological polar surface area (TPSA) is 81.4 Å². The monoisotopic (exact) mass is 312 g/mol. The van der Waals surface area contributed by atoms with Crippen LogP contribution in [0.4, 0.5) is 11.4 Å². The van der Waals surface area contributed by atoms with E-state index >= 15 is 0 Å². The molecular weight excluding hydrogens is 292 g/mol. The van der Waals surface area contributed by atoms with Crippen LogP contribution in [-0.2, 0) is 4.79 Å². The van der Waals surface area contributed by atoms with Gasteiger partial charge in [-0.1, -0.05) is 6.07 Å². The van der Waals surface area contributed by atoms with Crippen LogP contribution < -0.4 is 15.8 Å². The molecule has 3 N–H and O–H groups in total. The van der Waals surface area contributed by atoms with Crippen LogP contribution in [-0.4, -0.2) is 18.3 Å². The standard InChI is InChI=1S/C18H20N2O3/c1-11-4-6-15(8-12(11)2)20-18(22)10-23-17-7-5-14(13(3)21)9-16(17)19/h4-9H,10,19H2,1-3H3,(H,20,22). The van der Waals surface area contributed by atoms with Crippen LogP contribution >= 0.6 is 0 Å². The number of carbonyl (C=O) groups is 2. The van der Waals surface area contributed by atoms with E-state index in [9.17, 15) is 9.59 Å². The molecule has 2 rings (SSSR count). The lowest BCUT2D eigenvalue weighted by Crippen LogP contribution is -2.20. The molecule has 0 aromatic heterocycles. The minimum absolute atomic E-state index is 0.0734. The lowest BCUT2D eigenvalue weighted by Gasteiger charge is -2.11. The molecule has 0 radical (unpaired) electrons. The fourth-order valence-corrected chi connectivity index (χ4v) is 2.06. The third-order valence-corrected chi connectivity index (χ3v) is 3.57. The van der Waals surface area contributed by atoms with Gasteiger partial charge < -0.3 is 15.8 Å². The second kappa shape index (κ2) is 6.96. The summed E-state index contributed by atoms with van der Waals surface area (Å²) in [4.78, 5) is 23.2. The third-order valence-electron chi connectivity index (χ3n) is 3.57. The molecule has 0 heterocycles. The number of benzene rings is 2. The number of ketones is 1. The summed E-state index contributed by atoms with van der Waals surface area (Å²) in [5.74, 6) is 0.0317. The first-order chi connectivity index (χ1) is 10.9. The van der Waals surface area contributed by atoms with Crippen LogP contribution in [0, 0.1) is 13.8 Å². The molecule has 0 bridgehead atoms. The second-order valence-electron chi connectivity index (χ2n) is 5.44. The number of nitrogen functional groups attached to an aromatic ring is 1. The van der Waals surface area contributed by atoms with Crippen molar-refractivity contribution in [3.63, 3.8) is 0 Å². The Kier molecular flexibility index (Phi) is 5.01. The highest BCUT2D eigenvalue weighted by molar-refractivity contribution is 5.95. The van der Waals surface area contributed by atoms with Gasteiger partial charge >= 0.3 is 0 Å². The fraction of sp³-hybridized carbons (Fsp3) is 0.222. The maximum atomic E-state index is 11.9. The summed E-state index contributed by atoms with van der Waals surface area (Å²) in [6.45, 7) is 5.30. The van der Waals surface area contributed by atoms with Crippen molar-refractivity contribution in [3.05, 3.63) is 53.1 Å². The zero-order valence-corrected chi connectivity index (χ0v) is 13.5. The van der Waals surface area contributed by atoms with E-state index in [1.165, 1.54) is 6.92 Å². The van der Waals surface area contributed by atoms with Crippen molar-refractivity contribution in [3.8, 4) is 5.75 Å². The van der Waals surface area contributed by atoms with Crippen LogP contribution in [0.2, 0.25) is 0 Å². The molecule has 0 aliphatic heterocycles. The van der Waals surface area contributed by atoms with Crippen molar-refractivity contribution in [2.75, 3.05) is 17.7 Å². The number of amides is 1. The zero-order valence-electron chi connectivity index (χ0n) is 13.5. The van der Waals surface area contributed by atoms with Gasteiger partial charge in [0.2, 0.25) is 0 Å². The normalized spacial score (nSPS) is 10.2. The average Bonchev–Trinajstić information content (AvgIpc) is 2.49. The van der Waals surface area contributed by atoms with Crippen LogP contribution in [0.5, 0.6) is 5.75 Å². The van der Waals surface area contributed by atoms with E-state index in [0.717, 1.165) is 16.8 Å². The van der Waals surface area contributed by atoms with Crippen LogP contribution in [0.1, 0.15) is 28.4 Å². The van der Waals surface area contributed by atoms with E-state index in [1.54, 1.807) is 18.2 Å². The van der Waals surface area contributed by atoms with Gasteiger partial charge in [-0.2, -0.15) is 0 Å². The number of ether oxygens (including phenoxy) is 1. The number of anilines is 2. The summed E-state index contributed by atoms with van der Waals surface area (Å²) in [6.07, 6.45) is 0. The first kappa shape index (κ1) is 16.5. The maximum Gasteiger partial charge on any atom is 0.262 e. The maximum absolute atomic E-state index is 11.9. The molecule has 1 amide bonds. The molecule has 0 unspecified atom stereocenters. The number of aryl methyl sites for hydroxylation is 2. The highest BCUT2D eigenvalue weighted by Crippen LogP contribution is 2.23. The Morgan fingerprint density at radius 3 is 2.43 bits per heavy atom. The van der Waals surface area contributed by atoms with E-state index in [1.807, 2.05) is 32.0 Å². The first-order valence-electron chi connectivity index (χ1n) is 7.27. The number of Topliss-reactive ketones (excluding diaryl/α,β-unsaturated/α-hetero) is 1. The minimum atomic E-state index is -0.275. The predicted molar refractivity (Wildman–Crippen MR) is 90.9 cm³/mol. The van der Waals surface area contributed by atoms with E-state index in [4.69, 9.17) is 10.5 Å². The smallest absolute Gasteiger partial charge is 0.262 e. The molecule has 2 aromatic rings.